The van der Waals surface area contributed by atoms with Crippen LogP contribution >= 0.6 is 12.2 Å². The van der Waals surface area contributed by atoms with Crippen LogP contribution in [0.5, 0.6) is 0 Å². The smallest absolute Gasteiger partial charge is 0.250 e. The monoisotopic (exact) mass is 319 g/mol. The molecule has 3 rings (SSSR count). The highest BCUT2D eigenvalue weighted by atomic mass is 32.1. The van der Waals surface area contributed by atoms with Crippen molar-refractivity contribution in [1.29, 1.82) is 0 Å². The van der Waals surface area contributed by atoms with Crippen molar-refractivity contribution in [1.82, 2.24) is 14.8 Å². The number of hydrogen-bond donors (Lipinski definition) is 1. The van der Waals surface area contributed by atoms with Crippen molar-refractivity contribution in [3.05, 3.63) is 47.1 Å². The molecule has 2 aliphatic rings. The van der Waals surface area contributed by atoms with E-state index in [9.17, 15) is 4.79 Å². The predicted molar refractivity (Wildman–Crippen MR) is 89.9 cm³/mol. The van der Waals surface area contributed by atoms with Crippen molar-refractivity contribution in [2.75, 3.05) is 26.2 Å². The standard InChI is InChI=1S/C16H21N3O2S/c1-2-21-7-6-17-16(22)18-9-12-8-13(11-18)14-4-3-5-15(20)19(14)10-12/h2-5,12-13H,1,6-11H2,(H,17,22)/t12-,13+/m0/s1. The number of aromatic nitrogens is 1. The second-order valence-electron chi connectivity index (χ2n) is 5.87. The molecule has 0 aromatic carbocycles. The Morgan fingerprint density at radius 1 is 1.45 bits per heavy atom. The molecule has 1 aromatic heterocycles. The van der Waals surface area contributed by atoms with Crippen molar-refractivity contribution in [3.8, 4) is 0 Å². The fourth-order valence-electron chi connectivity index (χ4n) is 3.47. The van der Waals surface area contributed by atoms with Gasteiger partial charge in [0.25, 0.3) is 5.56 Å². The summed E-state index contributed by atoms with van der Waals surface area (Å²) in [4.78, 5) is 14.2. The third kappa shape index (κ3) is 3.02. The Bertz CT molecular complexity index is 628. The van der Waals surface area contributed by atoms with Gasteiger partial charge in [0.15, 0.2) is 5.11 Å². The molecule has 1 saturated heterocycles. The summed E-state index contributed by atoms with van der Waals surface area (Å²) >= 11 is 5.49. The Balaban J connectivity index is 1.67. The third-order valence-corrected chi connectivity index (χ3v) is 4.78. The molecule has 1 N–H and O–H groups in total. The van der Waals surface area contributed by atoms with Gasteiger partial charge < -0.3 is 19.5 Å². The van der Waals surface area contributed by atoms with E-state index >= 15 is 0 Å². The summed E-state index contributed by atoms with van der Waals surface area (Å²) in [5.41, 5.74) is 1.26. The molecule has 6 heteroatoms. The Hall–Kier alpha value is -1.82. The average Bonchev–Trinajstić information content (AvgIpc) is 2.52. The summed E-state index contributed by atoms with van der Waals surface area (Å²) in [6, 6.07) is 5.57. The maximum atomic E-state index is 12.0. The first kappa shape index (κ1) is 15.1. The van der Waals surface area contributed by atoms with Crippen LogP contribution < -0.4 is 10.9 Å². The molecule has 22 heavy (non-hydrogen) atoms. The largest absolute Gasteiger partial charge is 0.500 e. The maximum absolute atomic E-state index is 12.0. The van der Waals surface area contributed by atoms with E-state index in [1.807, 2.05) is 10.6 Å². The lowest BCUT2D eigenvalue weighted by atomic mass is 9.83. The quantitative estimate of drug-likeness (QED) is 0.515. The highest BCUT2D eigenvalue weighted by Gasteiger charge is 2.35. The molecule has 118 valence electrons. The summed E-state index contributed by atoms with van der Waals surface area (Å²) in [5.74, 6) is 0.862. The summed E-state index contributed by atoms with van der Waals surface area (Å²) in [6.07, 6.45) is 2.58. The Morgan fingerprint density at radius 2 is 2.32 bits per heavy atom. The minimum atomic E-state index is 0.114. The molecule has 0 radical (unpaired) electrons. The normalized spacial score (nSPS) is 22.6. The van der Waals surface area contributed by atoms with Gasteiger partial charge in [-0.15, -0.1) is 0 Å². The van der Waals surface area contributed by atoms with Crippen LogP contribution in [0.4, 0.5) is 0 Å². The van der Waals surface area contributed by atoms with Crippen LogP contribution in [0.1, 0.15) is 18.0 Å². The molecular weight excluding hydrogens is 298 g/mol. The fraction of sp³-hybridized carbons (Fsp3) is 0.500. The predicted octanol–water partition coefficient (Wildman–Crippen LogP) is 1.30. The van der Waals surface area contributed by atoms with E-state index in [1.54, 1.807) is 6.07 Å². The van der Waals surface area contributed by atoms with Crippen LogP contribution in [-0.4, -0.2) is 40.8 Å². The van der Waals surface area contributed by atoms with E-state index in [4.69, 9.17) is 17.0 Å². The molecule has 0 spiro atoms. The highest BCUT2D eigenvalue weighted by molar-refractivity contribution is 7.80. The van der Waals surface area contributed by atoms with E-state index in [2.05, 4.69) is 22.9 Å². The number of pyridine rings is 1. The molecule has 3 heterocycles. The van der Waals surface area contributed by atoms with Gasteiger partial charge in [0.2, 0.25) is 0 Å². The molecule has 0 unspecified atom stereocenters. The molecule has 5 nitrogen and oxygen atoms in total. The first-order valence-corrected chi connectivity index (χ1v) is 8.05. The number of ether oxygens (including phenoxy) is 1. The molecular formula is C16H21N3O2S. The van der Waals surface area contributed by atoms with Crippen LogP contribution in [0, 0.1) is 5.92 Å². The van der Waals surface area contributed by atoms with Gasteiger partial charge in [-0.3, -0.25) is 4.79 Å². The summed E-state index contributed by atoms with van der Waals surface area (Å²) in [7, 11) is 0. The SMILES string of the molecule is C=COCCNC(=S)N1C[C@@H]2C[C@H](C1)c1cccc(=O)n1C2. The van der Waals surface area contributed by atoms with Crippen LogP contribution in [0.3, 0.4) is 0 Å². The van der Waals surface area contributed by atoms with Crippen LogP contribution in [0.25, 0.3) is 0 Å². The van der Waals surface area contributed by atoms with Crippen molar-refractivity contribution in [2.24, 2.45) is 5.92 Å². The minimum Gasteiger partial charge on any atom is -0.500 e. The van der Waals surface area contributed by atoms with Gasteiger partial charge in [0, 0.05) is 37.3 Å². The highest BCUT2D eigenvalue weighted by Crippen LogP contribution is 2.34. The van der Waals surface area contributed by atoms with Crippen molar-refractivity contribution in [3.63, 3.8) is 0 Å². The maximum Gasteiger partial charge on any atom is 0.250 e. The van der Waals surface area contributed by atoms with Crippen LogP contribution in [0.2, 0.25) is 0 Å². The Kier molecular flexibility index (Phi) is 4.47. The van der Waals surface area contributed by atoms with Crippen LogP contribution in [-0.2, 0) is 11.3 Å². The van der Waals surface area contributed by atoms with E-state index in [1.165, 1.54) is 6.26 Å². The number of rotatable bonds is 4. The number of hydrogen-bond acceptors (Lipinski definition) is 3. The zero-order chi connectivity index (χ0) is 15.5. The topological polar surface area (TPSA) is 46.5 Å². The number of thiocarbonyl (C=S) groups is 1. The number of fused-ring (bicyclic) bond motifs is 4. The fourth-order valence-corrected chi connectivity index (χ4v) is 3.73. The van der Waals surface area contributed by atoms with Crippen molar-refractivity contribution in [2.45, 2.75) is 18.9 Å². The Labute approximate surface area is 135 Å². The number of nitrogens with zero attached hydrogens (tertiary/aromatic N) is 2. The van der Waals surface area contributed by atoms with Crippen molar-refractivity contribution < 1.29 is 4.74 Å². The second kappa shape index (κ2) is 6.52. The number of likely N-dealkylation sites (tertiary alicyclic amines) is 1. The first-order chi connectivity index (χ1) is 10.7. The van der Waals surface area contributed by atoms with E-state index in [0.717, 1.165) is 36.9 Å². The molecule has 0 amide bonds. The molecule has 2 aliphatic heterocycles. The van der Waals surface area contributed by atoms with Crippen LogP contribution in [0.15, 0.2) is 35.8 Å². The van der Waals surface area contributed by atoms with Gasteiger partial charge in [-0.1, -0.05) is 12.6 Å². The Morgan fingerprint density at radius 3 is 3.14 bits per heavy atom. The van der Waals surface area contributed by atoms with Gasteiger partial charge in [0.1, 0.15) is 6.61 Å². The van der Waals surface area contributed by atoms with Gasteiger partial charge in [-0.05, 0) is 30.6 Å². The lowest BCUT2D eigenvalue weighted by molar-refractivity contribution is 0.176. The lowest BCUT2D eigenvalue weighted by Crippen LogP contribution is -2.52. The lowest BCUT2D eigenvalue weighted by Gasteiger charge is -2.43. The molecule has 1 aromatic rings. The first-order valence-electron chi connectivity index (χ1n) is 7.64. The van der Waals surface area contributed by atoms with Crippen molar-refractivity contribution >= 4 is 17.3 Å². The number of piperidine rings is 1. The summed E-state index contributed by atoms with van der Waals surface area (Å²) < 4.78 is 7.03. The molecule has 0 aliphatic carbocycles. The van der Waals surface area contributed by atoms with Gasteiger partial charge >= 0.3 is 0 Å². The minimum absolute atomic E-state index is 0.114. The zero-order valence-electron chi connectivity index (χ0n) is 12.5. The van der Waals surface area contributed by atoms with Gasteiger partial charge in [-0.25, -0.2) is 0 Å². The van der Waals surface area contributed by atoms with E-state index < -0.39 is 0 Å². The van der Waals surface area contributed by atoms with E-state index in [-0.39, 0.29) is 5.56 Å². The molecule has 1 fully saturated rings. The molecule has 0 saturated carbocycles. The van der Waals surface area contributed by atoms with Gasteiger partial charge in [-0.2, -0.15) is 0 Å². The van der Waals surface area contributed by atoms with Gasteiger partial charge in [0.05, 0.1) is 12.8 Å². The zero-order valence-corrected chi connectivity index (χ0v) is 13.3. The summed E-state index contributed by atoms with van der Waals surface area (Å²) in [6.45, 7) is 7.32. The average molecular weight is 319 g/mol. The van der Waals surface area contributed by atoms with E-state index in [0.29, 0.717) is 25.0 Å². The molecule has 2 bridgehead atoms. The molecule has 2 atom stereocenters. The third-order valence-electron chi connectivity index (χ3n) is 4.38. The summed E-state index contributed by atoms with van der Waals surface area (Å²) in [5, 5.41) is 4.00. The second-order valence-corrected chi connectivity index (χ2v) is 6.26. The number of nitrogens with one attached hydrogen (secondary N) is 1.